The molecule has 1 heterocycles. The van der Waals surface area contributed by atoms with Crippen LogP contribution in [-0.4, -0.2) is 63.0 Å². The number of carboxylic acids is 1. The Hall–Kier alpha value is -2.85. The summed E-state index contributed by atoms with van der Waals surface area (Å²) in [5.74, 6) is -1.62. The highest BCUT2D eigenvalue weighted by Gasteiger charge is 2.28. The maximum atomic E-state index is 12.8. The number of nitrogens with zero attached hydrogens (tertiary/aromatic N) is 1. The molecule has 1 aromatic heterocycles. The van der Waals surface area contributed by atoms with Crippen molar-refractivity contribution < 1.29 is 19.5 Å². The largest absolute Gasteiger partial charge is 0.480 e. The zero-order valence-corrected chi connectivity index (χ0v) is 17.5. The highest BCUT2D eigenvalue weighted by atomic mass is 32.2. The van der Waals surface area contributed by atoms with Gasteiger partial charge in [-0.05, 0) is 30.4 Å². The molecular weight excluding hydrogens is 406 g/mol. The van der Waals surface area contributed by atoms with Crippen LogP contribution in [-0.2, 0) is 27.2 Å². The molecule has 0 spiro atoms. The summed E-state index contributed by atoms with van der Waals surface area (Å²) in [7, 11) is 0. The van der Waals surface area contributed by atoms with Crippen molar-refractivity contribution in [2.24, 2.45) is 5.73 Å². The molecule has 0 radical (unpaired) electrons. The van der Waals surface area contributed by atoms with Crippen molar-refractivity contribution in [3.05, 3.63) is 54.1 Å². The van der Waals surface area contributed by atoms with Gasteiger partial charge in [-0.25, -0.2) is 9.78 Å². The van der Waals surface area contributed by atoms with Crippen LogP contribution in [0.25, 0.3) is 0 Å². The summed E-state index contributed by atoms with van der Waals surface area (Å²) in [5.41, 5.74) is 7.55. The fraction of sp³-hybridized carbons (Fsp3) is 0.400. The van der Waals surface area contributed by atoms with Gasteiger partial charge in [0, 0.05) is 18.3 Å². The SMILES string of the molecule is CSCCC(NC(=O)C(Cc1cnc[nH]1)NC(=O)C(N)Cc1ccccc1)C(=O)O. The van der Waals surface area contributed by atoms with Crippen molar-refractivity contribution >= 4 is 29.5 Å². The quantitative estimate of drug-likeness (QED) is 0.324. The summed E-state index contributed by atoms with van der Waals surface area (Å²) in [6, 6.07) is 6.44. The molecule has 1 aromatic carbocycles. The molecule has 0 aliphatic rings. The van der Waals surface area contributed by atoms with Gasteiger partial charge in [0.25, 0.3) is 0 Å². The number of hydrogen-bond acceptors (Lipinski definition) is 6. The maximum absolute atomic E-state index is 12.8. The number of nitrogens with two attached hydrogens (primary N) is 1. The van der Waals surface area contributed by atoms with Crippen LogP contribution in [0.15, 0.2) is 42.9 Å². The van der Waals surface area contributed by atoms with Gasteiger partial charge >= 0.3 is 5.97 Å². The molecule has 0 bridgehead atoms. The van der Waals surface area contributed by atoms with Gasteiger partial charge in [0.1, 0.15) is 12.1 Å². The molecule has 2 aromatic rings. The first-order chi connectivity index (χ1) is 14.4. The van der Waals surface area contributed by atoms with E-state index in [-0.39, 0.29) is 12.8 Å². The lowest BCUT2D eigenvalue weighted by atomic mass is 10.0. The Morgan fingerprint density at radius 1 is 1.13 bits per heavy atom. The predicted molar refractivity (Wildman–Crippen MR) is 115 cm³/mol. The van der Waals surface area contributed by atoms with E-state index in [1.165, 1.54) is 18.1 Å². The molecule has 3 atom stereocenters. The molecule has 0 aliphatic heterocycles. The smallest absolute Gasteiger partial charge is 0.326 e. The lowest BCUT2D eigenvalue weighted by Crippen LogP contribution is -2.55. The topological polar surface area (TPSA) is 150 Å². The molecule has 0 saturated heterocycles. The van der Waals surface area contributed by atoms with Gasteiger partial charge in [-0.2, -0.15) is 11.8 Å². The number of imidazole rings is 1. The average molecular weight is 434 g/mol. The van der Waals surface area contributed by atoms with Crippen molar-refractivity contribution in [1.29, 1.82) is 0 Å². The molecule has 2 amide bonds. The maximum Gasteiger partial charge on any atom is 0.326 e. The third-order valence-electron chi connectivity index (χ3n) is 4.47. The van der Waals surface area contributed by atoms with Crippen LogP contribution < -0.4 is 16.4 Å². The number of hydrogen-bond donors (Lipinski definition) is 5. The number of aromatic nitrogens is 2. The van der Waals surface area contributed by atoms with Gasteiger partial charge in [-0.3, -0.25) is 9.59 Å². The Balaban J connectivity index is 2.06. The second kappa shape index (κ2) is 12.0. The molecule has 6 N–H and O–H groups in total. The van der Waals surface area contributed by atoms with Crippen molar-refractivity contribution in [2.45, 2.75) is 37.4 Å². The van der Waals surface area contributed by atoms with Crippen LogP contribution in [0.4, 0.5) is 0 Å². The molecule has 9 nitrogen and oxygen atoms in total. The first-order valence-electron chi connectivity index (χ1n) is 9.50. The number of nitrogens with one attached hydrogen (secondary N) is 3. The highest BCUT2D eigenvalue weighted by Crippen LogP contribution is 2.06. The van der Waals surface area contributed by atoms with E-state index in [9.17, 15) is 19.5 Å². The van der Waals surface area contributed by atoms with Crippen LogP contribution in [0.5, 0.6) is 0 Å². The van der Waals surface area contributed by atoms with E-state index in [4.69, 9.17) is 5.73 Å². The number of carboxylic acid groups (broad SMARTS) is 1. The van der Waals surface area contributed by atoms with Crippen LogP contribution in [0.2, 0.25) is 0 Å². The number of H-pyrrole nitrogens is 1. The summed E-state index contributed by atoms with van der Waals surface area (Å²) in [5, 5.41) is 14.5. The zero-order chi connectivity index (χ0) is 21.9. The van der Waals surface area contributed by atoms with Crippen LogP contribution in [0.1, 0.15) is 17.7 Å². The van der Waals surface area contributed by atoms with Crippen molar-refractivity contribution in [2.75, 3.05) is 12.0 Å². The molecule has 3 unspecified atom stereocenters. The van der Waals surface area contributed by atoms with E-state index in [2.05, 4.69) is 20.6 Å². The van der Waals surface area contributed by atoms with E-state index < -0.39 is 35.9 Å². The number of thioether (sulfide) groups is 1. The number of aliphatic carboxylic acids is 1. The van der Waals surface area contributed by atoms with E-state index in [0.717, 1.165) is 5.56 Å². The number of aromatic amines is 1. The van der Waals surface area contributed by atoms with Crippen molar-refractivity contribution in [3.8, 4) is 0 Å². The minimum absolute atomic E-state index is 0.129. The summed E-state index contributed by atoms with van der Waals surface area (Å²) < 4.78 is 0. The Labute approximate surface area is 179 Å². The summed E-state index contributed by atoms with van der Waals surface area (Å²) >= 11 is 1.49. The van der Waals surface area contributed by atoms with Gasteiger partial charge in [0.05, 0.1) is 12.4 Å². The Kier molecular flexibility index (Phi) is 9.36. The van der Waals surface area contributed by atoms with Gasteiger partial charge < -0.3 is 26.5 Å². The number of rotatable bonds is 12. The summed E-state index contributed by atoms with van der Waals surface area (Å²) in [6.45, 7) is 0. The van der Waals surface area contributed by atoms with Gasteiger partial charge in [-0.1, -0.05) is 30.3 Å². The highest BCUT2D eigenvalue weighted by molar-refractivity contribution is 7.98. The second-order valence-electron chi connectivity index (χ2n) is 6.82. The van der Waals surface area contributed by atoms with Crippen LogP contribution >= 0.6 is 11.8 Å². The fourth-order valence-electron chi connectivity index (χ4n) is 2.83. The third kappa shape index (κ3) is 7.53. The molecule has 0 aliphatic carbocycles. The van der Waals surface area contributed by atoms with Crippen LogP contribution in [0, 0.1) is 0 Å². The Morgan fingerprint density at radius 3 is 2.43 bits per heavy atom. The Bertz CT molecular complexity index is 816. The normalized spacial score (nSPS) is 13.8. The minimum Gasteiger partial charge on any atom is -0.480 e. The van der Waals surface area contributed by atoms with E-state index in [1.807, 2.05) is 36.6 Å². The first kappa shape index (κ1) is 23.4. The Morgan fingerprint density at radius 2 is 1.83 bits per heavy atom. The standard InChI is InChI=1S/C20H27N5O4S/c1-30-8-7-16(20(28)29)24-19(27)17(10-14-11-22-12-23-14)25-18(26)15(21)9-13-5-3-2-4-6-13/h2-6,11-12,15-17H,7-10,21H2,1H3,(H,22,23)(H,24,27)(H,25,26)(H,28,29). The number of carbonyl (C=O) groups is 3. The van der Waals surface area contributed by atoms with E-state index >= 15 is 0 Å². The van der Waals surface area contributed by atoms with Crippen molar-refractivity contribution in [3.63, 3.8) is 0 Å². The third-order valence-corrected chi connectivity index (χ3v) is 5.12. The molecule has 30 heavy (non-hydrogen) atoms. The monoisotopic (exact) mass is 433 g/mol. The number of amides is 2. The predicted octanol–water partition coefficient (Wildman–Crippen LogP) is 0.330. The average Bonchev–Trinajstić information content (AvgIpc) is 3.24. The van der Waals surface area contributed by atoms with Crippen molar-refractivity contribution in [1.82, 2.24) is 20.6 Å². The van der Waals surface area contributed by atoms with Crippen LogP contribution in [0.3, 0.4) is 0 Å². The van der Waals surface area contributed by atoms with Gasteiger partial charge in [-0.15, -0.1) is 0 Å². The molecular formula is C20H27N5O4S. The minimum atomic E-state index is -1.12. The first-order valence-corrected chi connectivity index (χ1v) is 10.9. The molecule has 0 fully saturated rings. The molecule has 2 rings (SSSR count). The summed E-state index contributed by atoms with van der Waals surface area (Å²) in [6.07, 6.45) is 5.59. The number of benzene rings is 1. The van der Waals surface area contributed by atoms with Gasteiger partial charge in [0.15, 0.2) is 0 Å². The zero-order valence-electron chi connectivity index (χ0n) is 16.7. The lowest BCUT2D eigenvalue weighted by molar-refractivity contribution is -0.142. The second-order valence-corrected chi connectivity index (χ2v) is 7.80. The lowest BCUT2D eigenvalue weighted by Gasteiger charge is -2.22. The molecule has 0 saturated carbocycles. The molecule has 10 heteroatoms. The number of carbonyl (C=O) groups excluding carboxylic acids is 2. The van der Waals surface area contributed by atoms with Gasteiger partial charge in [0.2, 0.25) is 11.8 Å². The fourth-order valence-corrected chi connectivity index (χ4v) is 3.30. The molecule has 162 valence electrons. The van der Waals surface area contributed by atoms with E-state index in [0.29, 0.717) is 17.9 Å². The summed E-state index contributed by atoms with van der Waals surface area (Å²) in [4.78, 5) is 43.7. The van der Waals surface area contributed by atoms with E-state index in [1.54, 1.807) is 6.20 Å².